The molecule has 2 fully saturated rings. The second kappa shape index (κ2) is 5.55. The zero-order valence-electron chi connectivity index (χ0n) is 11.1. The first-order chi connectivity index (χ1) is 8.59. The SMILES string of the molecule is CCCC1(C(=O)N2CC(O)C(O)C2)CCNCC1. The summed E-state index contributed by atoms with van der Waals surface area (Å²) in [4.78, 5) is 14.3. The Labute approximate surface area is 108 Å². The molecule has 104 valence electrons. The van der Waals surface area contributed by atoms with Crippen LogP contribution in [0.5, 0.6) is 0 Å². The van der Waals surface area contributed by atoms with Gasteiger partial charge in [0.15, 0.2) is 0 Å². The average molecular weight is 256 g/mol. The van der Waals surface area contributed by atoms with Crippen molar-refractivity contribution in [3.8, 4) is 0 Å². The van der Waals surface area contributed by atoms with E-state index >= 15 is 0 Å². The maximum atomic E-state index is 12.7. The van der Waals surface area contributed by atoms with E-state index in [1.807, 2.05) is 0 Å². The summed E-state index contributed by atoms with van der Waals surface area (Å²) in [5, 5.41) is 22.4. The van der Waals surface area contributed by atoms with Crippen LogP contribution in [0.25, 0.3) is 0 Å². The molecule has 2 rings (SSSR count). The normalized spacial score (nSPS) is 31.6. The molecule has 0 bridgehead atoms. The molecule has 1 amide bonds. The van der Waals surface area contributed by atoms with Gasteiger partial charge in [0.1, 0.15) is 0 Å². The Morgan fingerprint density at radius 1 is 1.28 bits per heavy atom. The van der Waals surface area contributed by atoms with Crippen molar-refractivity contribution in [1.29, 1.82) is 0 Å². The predicted octanol–water partition coefficient (Wildman–Crippen LogP) is -0.280. The van der Waals surface area contributed by atoms with Crippen LogP contribution in [-0.4, -0.2) is 59.4 Å². The maximum Gasteiger partial charge on any atom is 0.229 e. The van der Waals surface area contributed by atoms with E-state index in [0.29, 0.717) is 0 Å². The number of rotatable bonds is 3. The molecule has 2 heterocycles. The van der Waals surface area contributed by atoms with E-state index in [1.165, 1.54) is 0 Å². The number of aliphatic hydroxyl groups is 2. The van der Waals surface area contributed by atoms with Crippen molar-refractivity contribution in [2.24, 2.45) is 5.41 Å². The fourth-order valence-corrected chi connectivity index (χ4v) is 3.23. The molecule has 0 aliphatic carbocycles. The number of nitrogens with one attached hydrogen (secondary N) is 1. The third-order valence-electron chi connectivity index (χ3n) is 4.29. The van der Waals surface area contributed by atoms with Crippen LogP contribution in [0.3, 0.4) is 0 Å². The first-order valence-corrected chi connectivity index (χ1v) is 6.95. The third-order valence-corrected chi connectivity index (χ3v) is 4.29. The van der Waals surface area contributed by atoms with E-state index in [4.69, 9.17) is 0 Å². The molecule has 0 aromatic rings. The molecule has 0 saturated carbocycles. The number of carbonyl (C=O) groups is 1. The van der Waals surface area contributed by atoms with Gasteiger partial charge in [0.25, 0.3) is 0 Å². The number of piperidine rings is 1. The quantitative estimate of drug-likeness (QED) is 0.649. The molecule has 2 aliphatic heterocycles. The summed E-state index contributed by atoms with van der Waals surface area (Å²) < 4.78 is 0. The lowest BCUT2D eigenvalue weighted by Crippen LogP contribution is -2.49. The summed E-state index contributed by atoms with van der Waals surface area (Å²) in [5.74, 6) is 0.126. The maximum absolute atomic E-state index is 12.7. The van der Waals surface area contributed by atoms with E-state index < -0.39 is 12.2 Å². The van der Waals surface area contributed by atoms with Gasteiger partial charge in [0.05, 0.1) is 17.6 Å². The molecule has 2 aliphatic rings. The highest BCUT2D eigenvalue weighted by atomic mass is 16.3. The van der Waals surface area contributed by atoms with Crippen LogP contribution in [0.4, 0.5) is 0 Å². The van der Waals surface area contributed by atoms with Crippen molar-refractivity contribution >= 4 is 5.91 Å². The molecule has 3 N–H and O–H groups in total. The van der Waals surface area contributed by atoms with Crippen molar-refractivity contribution in [2.75, 3.05) is 26.2 Å². The second-order valence-corrected chi connectivity index (χ2v) is 5.63. The molecule has 18 heavy (non-hydrogen) atoms. The van der Waals surface area contributed by atoms with Crippen molar-refractivity contribution in [1.82, 2.24) is 10.2 Å². The Bertz CT molecular complexity index is 287. The topological polar surface area (TPSA) is 72.8 Å². The Hall–Kier alpha value is -0.650. The van der Waals surface area contributed by atoms with Crippen molar-refractivity contribution < 1.29 is 15.0 Å². The van der Waals surface area contributed by atoms with Gasteiger partial charge in [-0.1, -0.05) is 13.3 Å². The molecule has 0 radical (unpaired) electrons. The number of nitrogens with zero attached hydrogens (tertiary/aromatic N) is 1. The van der Waals surface area contributed by atoms with E-state index in [2.05, 4.69) is 12.2 Å². The molecule has 0 aromatic heterocycles. The minimum atomic E-state index is -0.783. The van der Waals surface area contributed by atoms with Crippen LogP contribution >= 0.6 is 0 Å². The molecular formula is C13H24N2O3. The first-order valence-electron chi connectivity index (χ1n) is 6.95. The highest BCUT2D eigenvalue weighted by Crippen LogP contribution is 2.37. The molecule has 2 atom stereocenters. The van der Waals surface area contributed by atoms with Crippen LogP contribution in [0, 0.1) is 5.41 Å². The molecule has 2 unspecified atom stereocenters. The van der Waals surface area contributed by atoms with Crippen LogP contribution < -0.4 is 5.32 Å². The lowest BCUT2D eigenvalue weighted by atomic mass is 9.74. The Balaban J connectivity index is 2.08. The number of hydrogen-bond acceptors (Lipinski definition) is 4. The Kier molecular flexibility index (Phi) is 4.25. The first kappa shape index (κ1) is 13.8. The van der Waals surface area contributed by atoms with Gasteiger partial charge in [-0.25, -0.2) is 0 Å². The van der Waals surface area contributed by atoms with Gasteiger partial charge in [-0.3, -0.25) is 4.79 Å². The van der Waals surface area contributed by atoms with Gasteiger partial charge in [0, 0.05) is 13.1 Å². The van der Waals surface area contributed by atoms with Crippen LogP contribution in [0.2, 0.25) is 0 Å². The molecule has 5 nitrogen and oxygen atoms in total. The standard InChI is InChI=1S/C13H24N2O3/c1-2-3-13(4-6-14-7-5-13)12(18)15-8-10(16)11(17)9-15/h10-11,14,16-17H,2-9H2,1H3. The average Bonchev–Trinajstić information content (AvgIpc) is 2.70. The van der Waals surface area contributed by atoms with E-state index in [0.717, 1.165) is 38.8 Å². The van der Waals surface area contributed by atoms with Gasteiger partial charge in [-0.15, -0.1) is 0 Å². The molecule has 5 heteroatoms. The smallest absolute Gasteiger partial charge is 0.229 e. The number of amides is 1. The fourth-order valence-electron chi connectivity index (χ4n) is 3.23. The molecular weight excluding hydrogens is 232 g/mol. The number of hydrogen-bond donors (Lipinski definition) is 3. The Morgan fingerprint density at radius 2 is 1.83 bits per heavy atom. The monoisotopic (exact) mass is 256 g/mol. The molecule has 0 aromatic carbocycles. The Morgan fingerprint density at radius 3 is 2.33 bits per heavy atom. The second-order valence-electron chi connectivity index (χ2n) is 5.63. The number of likely N-dealkylation sites (tertiary alicyclic amines) is 1. The predicted molar refractivity (Wildman–Crippen MR) is 68.0 cm³/mol. The summed E-state index contributed by atoms with van der Waals surface area (Å²) in [7, 11) is 0. The fraction of sp³-hybridized carbons (Fsp3) is 0.923. The van der Waals surface area contributed by atoms with Crippen LogP contribution in [0.15, 0.2) is 0 Å². The van der Waals surface area contributed by atoms with E-state index in [-0.39, 0.29) is 24.4 Å². The summed E-state index contributed by atoms with van der Waals surface area (Å²) in [5.41, 5.74) is -0.274. The lowest BCUT2D eigenvalue weighted by molar-refractivity contribution is -0.144. The van der Waals surface area contributed by atoms with Gasteiger partial charge >= 0.3 is 0 Å². The minimum Gasteiger partial charge on any atom is -0.388 e. The number of carbonyl (C=O) groups excluding carboxylic acids is 1. The number of aliphatic hydroxyl groups excluding tert-OH is 2. The summed E-state index contributed by atoms with van der Waals surface area (Å²) in [6.07, 6.45) is 2.05. The number of β-amino-alcohol motifs (C(OH)–C–C–N with tert-alkyl or cyclic N) is 2. The van der Waals surface area contributed by atoms with Crippen molar-refractivity contribution in [3.63, 3.8) is 0 Å². The summed E-state index contributed by atoms with van der Waals surface area (Å²) in [6.45, 7) is 4.41. The summed E-state index contributed by atoms with van der Waals surface area (Å²) >= 11 is 0. The van der Waals surface area contributed by atoms with Crippen molar-refractivity contribution in [3.05, 3.63) is 0 Å². The zero-order valence-corrected chi connectivity index (χ0v) is 11.1. The molecule has 2 saturated heterocycles. The minimum absolute atomic E-state index is 0.126. The van der Waals surface area contributed by atoms with Gasteiger partial charge < -0.3 is 20.4 Å². The highest BCUT2D eigenvalue weighted by molar-refractivity contribution is 5.83. The largest absolute Gasteiger partial charge is 0.388 e. The van der Waals surface area contributed by atoms with Crippen LogP contribution in [-0.2, 0) is 4.79 Å². The lowest BCUT2D eigenvalue weighted by Gasteiger charge is -2.39. The van der Waals surface area contributed by atoms with Gasteiger partial charge in [-0.2, -0.15) is 0 Å². The van der Waals surface area contributed by atoms with Crippen LogP contribution in [0.1, 0.15) is 32.6 Å². The van der Waals surface area contributed by atoms with E-state index in [9.17, 15) is 15.0 Å². The van der Waals surface area contributed by atoms with E-state index in [1.54, 1.807) is 4.90 Å². The van der Waals surface area contributed by atoms with Gasteiger partial charge in [-0.05, 0) is 32.4 Å². The molecule has 0 spiro atoms. The highest BCUT2D eigenvalue weighted by Gasteiger charge is 2.44. The third kappa shape index (κ3) is 2.53. The zero-order chi connectivity index (χ0) is 13.2. The van der Waals surface area contributed by atoms with Crippen molar-refractivity contribution in [2.45, 2.75) is 44.8 Å². The summed E-state index contributed by atoms with van der Waals surface area (Å²) in [6, 6.07) is 0. The van der Waals surface area contributed by atoms with Gasteiger partial charge in [0.2, 0.25) is 5.91 Å².